The summed E-state index contributed by atoms with van der Waals surface area (Å²) in [6.07, 6.45) is 2.41. The van der Waals surface area contributed by atoms with Crippen LogP contribution in [-0.2, 0) is 23.0 Å². The zero-order valence-corrected chi connectivity index (χ0v) is 16.6. The smallest absolute Gasteiger partial charge is 0.340 e. The first kappa shape index (κ1) is 18.4. The Morgan fingerprint density at radius 3 is 2.50 bits per heavy atom. The molecule has 0 fully saturated rings. The second-order valence-electron chi connectivity index (χ2n) is 6.79. The third-order valence-corrected chi connectivity index (χ3v) is 6.06. The Kier molecular flexibility index (Phi) is 4.77. The Bertz CT molecular complexity index is 1130. The molecule has 28 heavy (non-hydrogen) atoms. The Balaban J connectivity index is 1.84. The minimum atomic E-state index is -4.00. The fourth-order valence-electron chi connectivity index (χ4n) is 3.37. The van der Waals surface area contributed by atoms with Crippen molar-refractivity contribution in [2.75, 3.05) is 12.4 Å². The average Bonchev–Trinajstić information content (AvgIpc) is 2.88. The van der Waals surface area contributed by atoms with Crippen LogP contribution in [-0.4, -0.2) is 25.4 Å². The predicted octanol–water partition coefficient (Wildman–Crippen LogP) is 3.75. The van der Waals surface area contributed by atoms with Gasteiger partial charge < -0.3 is 9.50 Å². The SMILES string of the molecule is CNc1nc(OS(=O)(=O)c2ccc(C)cc2)c2c(n1)-c1ccccc1CCC2. The number of benzene rings is 2. The Morgan fingerprint density at radius 2 is 1.75 bits per heavy atom. The summed E-state index contributed by atoms with van der Waals surface area (Å²) in [6.45, 7) is 1.90. The van der Waals surface area contributed by atoms with Crippen LogP contribution >= 0.6 is 0 Å². The molecule has 6 nitrogen and oxygen atoms in total. The van der Waals surface area contributed by atoms with Gasteiger partial charge in [-0.25, -0.2) is 4.98 Å². The van der Waals surface area contributed by atoms with Gasteiger partial charge in [-0.3, -0.25) is 0 Å². The molecule has 0 spiro atoms. The molecule has 0 amide bonds. The van der Waals surface area contributed by atoms with E-state index in [1.807, 2.05) is 25.1 Å². The van der Waals surface area contributed by atoms with Crippen LogP contribution in [0.3, 0.4) is 0 Å². The standard InChI is InChI=1S/C21H21N3O3S/c1-14-10-12-16(13-11-14)28(25,26)27-20-18-9-5-7-15-6-3-4-8-17(15)19(18)23-21(22-2)24-20/h3-4,6,8,10-13H,5,7,9H2,1-2H3,(H,22,23,24). The van der Waals surface area contributed by atoms with Gasteiger partial charge >= 0.3 is 10.1 Å². The molecule has 144 valence electrons. The van der Waals surface area contributed by atoms with Gasteiger partial charge in [0.25, 0.3) is 0 Å². The highest BCUT2D eigenvalue weighted by Gasteiger charge is 2.26. The van der Waals surface area contributed by atoms with Gasteiger partial charge in [0.05, 0.1) is 5.69 Å². The summed E-state index contributed by atoms with van der Waals surface area (Å²) in [5.74, 6) is 0.413. The highest BCUT2D eigenvalue weighted by Crippen LogP contribution is 2.36. The first-order chi connectivity index (χ1) is 13.5. The topological polar surface area (TPSA) is 81.2 Å². The maximum atomic E-state index is 12.8. The number of aromatic nitrogens is 2. The molecule has 0 atom stereocenters. The minimum Gasteiger partial charge on any atom is -0.358 e. The molecule has 1 aromatic heterocycles. The van der Waals surface area contributed by atoms with Gasteiger partial charge in [-0.05, 0) is 43.9 Å². The summed E-state index contributed by atoms with van der Waals surface area (Å²) in [6, 6.07) is 14.6. The van der Waals surface area contributed by atoms with Crippen molar-refractivity contribution in [2.24, 2.45) is 0 Å². The molecular formula is C21H21N3O3S. The number of aryl methyl sites for hydroxylation is 2. The summed E-state index contributed by atoms with van der Waals surface area (Å²) in [5.41, 5.74) is 4.60. The molecule has 0 bridgehead atoms. The lowest BCUT2D eigenvalue weighted by molar-refractivity contribution is 0.471. The lowest BCUT2D eigenvalue weighted by atomic mass is 10.0. The molecule has 4 rings (SSSR count). The predicted molar refractivity (Wildman–Crippen MR) is 108 cm³/mol. The lowest BCUT2D eigenvalue weighted by Crippen LogP contribution is -2.14. The molecule has 0 saturated carbocycles. The van der Waals surface area contributed by atoms with Crippen LogP contribution in [0.25, 0.3) is 11.3 Å². The summed E-state index contributed by atoms with van der Waals surface area (Å²) < 4.78 is 31.2. The van der Waals surface area contributed by atoms with Gasteiger partial charge in [-0.1, -0.05) is 42.0 Å². The first-order valence-corrected chi connectivity index (χ1v) is 10.6. The first-order valence-electron chi connectivity index (χ1n) is 9.16. The molecule has 7 heteroatoms. The van der Waals surface area contributed by atoms with E-state index in [4.69, 9.17) is 4.18 Å². The molecule has 0 radical (unpaired) electrons. The van der Waals surface area contributed by atoms with Gasteiger partial charge in [0, 0.05) is 18.2 Å². The molecule has 3 aromatic rings. The van der Waals surface area contributed by atoms with E-state index in [0.717, 1.165) is 35.2 Å². The Hall–Kier alpha value is -2.93. The van der Waals surface area contributed by atoms with Crippen LogP contribution in [0.15, 0.2) is 53.4 Å². The van der Waals surface area contributed by atoms with Crippen molar-refractivity contribution in [3.8, 4) is 17.1 Å². The molecule has 0 saturated heterocycles. The summed E-state index contributed by atoms with van der Waals surface area (Å²) in [7, 11) is -2.30. The van der Waals surface area contributed by atoms with Crippen molar-refractivity contribution in [1.29, 1.82) is 0 Å². The number of nitrogens with zero attached hydrogens (tertiary/aromatic N) is 2. The van der Waals surface area contributed by atoms with E-state index in [-0.39, 0.29) is 10.8 Å². The van der Waals surface area contributed by atoms with E-state index < -0.39 is 10.1 Å². The van der Waals surface area contributed by atoms with Gasteiger partial charge in [0.15, 0.2) is 0 Å². The Labute approximate surface area is 164 Å². The number of rotatable bonds is 4. The molecule has 1 N–H and O–H groups in total. The van der Waals surface area contributed by atoms with Gasteiger partial charge in [-0.15, -0.1) is 0 Å². The van der Waals surface area contributed by atoms with Crippen LogP contribution in [0, 0.1) is 6.92 Å². The normalized spacial score (nSPS) is 13.2. The van der Waals surface area contributed by atoms with E-state index >= 15 is 0 Å². The highest BCUT2D eigenvalue weighted by atomic mass is 32.2. The molecule has 1 heterocycles. The van der Waals surface area contributed by atoms with E-state index in [9.17, 15) is 8.42 Å². The summed E-state index contributed by atoms with van der Waals surface area (Å²) in [4.78, 5) is 9.04. The van der Waals surface area contributed by atoms with E-state index in [2.05, 4.69) is 21.4 Å². The maximum absolute atomic E-state index is 12.8. The molecule has 1 aliphatic carbocycles. The molecule has 2 aromatic carbocycles. The highest BCUT2D eigenvalue weighted by molar-refractivity contribution is 7.87. The van der Waals surface area contributed by atoms with Gasteiger partial charge in [0.1, 0.15) is 4.90 Å². The quantitative estimate of drug-likeness (QED) is 0.678. The van der Waals surface area contributed by atoms with E-state index in [0.29, 0.717) is 12.4 Å². The van der Waals surface area contributed by atoms with Crippen molar-refractivity contribution in [2.45, 2.75) is 31.1 Å². The largest absolute Gasteiger partial charge is 0.358 e. The Morgan fingerprint density at radius 1 is 1.00 bits per heavy atom. The van der Waals surface area contributed by atoms with E-state index in [1.165, 1.54) is 5.56 Å². The zero-order valence-electron chi connectivity index (χ0n) is 15.8. The molecule has 1 aliphatic rings. The zero-order chi connectivity index (χ0) is 19.7. The molecule has 0 aliphatic heterocycles. The third kappa shape index (κ3) is 3.45. The second kappa shape index (κ2) is 7.24. The van der Waals surface area contributed by atoms with Crippen molar-refractivity contribution in [3.63, 3.8) is 0 Å². The maximum Gasteiger partial charge on any atom is 0.340 e. The van der Waals surface area contributed by atoms with Crippen molar-refractivity contribution in [1.82, 2.24) is 9.97 Å². The van der Waals surface area contributed by atoms with E-state index in [1.54, 1.807) is 31.3 Å². The fourth-order valence-corrected chi connectivity index (χ4v) is 4.29. The van der Waals surface area contributed by atoms with Crippen LogP contribution in [0.5, 0.6) is 5.88 Å². The average molecular weight is 395 g/mol. The van der Waals surface area contributed by atoms with Crippen LogP contribution in [0.2, 0.25) is 0 Å². The summed E-state index contributed by atoms with van der Waals surface area (Å²) in [5, 5.41) is 2.90. The van der Waals surface area contributed by atoms with Gasteiger partial charge in [-0.2, -0.15) is 13.4 Å². The van der Waals surface area contributed by atoms with Crippen molar-refractivity contribution >= 4 is 16.1 Å². The fraction of sp³-hybridized carbons (Fsp3) is 0.238. The van der Waals surface area contributed by atoms with Crippen LogP contribution in [0.4, 0.5) is 5.95 Å². The minimum absolute atomic E-state index is 0.0895. The summed E-state index contributed by atoms with van der Waals surface area (Å²) >= 11 is 0. The number of hydrogen-bond acceptors (Lipinski definition) is 6. The second-order valence-corrected chi connectivity index (χ2v) is 8.34. The van der Waals surface area contributed by atoms with Crippen LogP contribution in [0.1, 0.15) is 23.1 Å². The third-order valence-electron chi connectivity index (χ3n) is 4.84. The van der Waals surface area contributed by atoms with Gasteiger partial charge in [0.2, 0.25) is 11.8 Å². The number of hydrogen-bond donors (Lipinski definition) is 1. The number of nitrogens with one attached hydrogen (secondary N) is 1. The molecular weight excluding hydrogens is 374 g/mol. The van der Waals surface area contributed by atoms with Crippen LogP contribution < -0.4 is 9.50 Å². The lowest BCUT2D eigenvalue weighted by Gasteiger charge is -2.15. The molecule has 0 unspecified atom stereocenters. The van der Waals surface area contributed by atoms with Crippen molar-refractivity contribution < 1.29 is 12.6 Å². The number of anilines is 1. The van der Waals surface area contributed by atoms with Crippen molar-refractivity contribution in [3.05, 3.63) is 65.2 Å². The monoisotopic (exact) mass is 395 g/mol. The number of fused-ring (bicyclic) bond motifs is 3.